The zero-order valence-electron chi connectivity index (χ0n) is 21.3. The van der Waals surface area contributed by atoms with Crippen molar-refractivity contribution >= 4 is 34.3 Å². The summed E-state index contributed by atoms with van der Waals surface area (Å²) in [5, 5.41) is 13.2. The molecule has 35 heavy (non-hydrogen) atoms. The maximum Gasteiger partial charge on any atom is 0.262 e. The Labute approximate surface area is 210 Å². The molecule has 0 bridgehead atoms. The number of fused-ring (bicyclic) bond motifs is 3. The van der Waals surface area contributed by atoms with E-state index in [1.54, 1.807) is 34.5 Å². The maximum atomic E-state index is 13.4. The largest absolute Gasteiger partial charge is 0.350 e. The average molecular weight is 492 g/mol. The highest BCUT2D eigenvalue weighted by Gasteiger charge is 2.20. The maximum absolute atomic E-state index is 13.4. The number of aromatic nitrogens is 4. The van der Waals surface area contributed by atoms with Crippen molar-refractivity contribution in [1.29, 1.82) is 0 Å². The molecule has 4 rings (SSSR count). The van der Waals surface area contributed by atoms with Crippen LogP contribution < -0.4 is 10.9 Å². The summed E-state index contributed by atoms with van der Waals surface area (Å²) in [6, 6.07) is 11.8. The highest BCUT2D eigenvalue weighted by Crippen LogP contribution is 2.27. The fraction of sp³-hybridized carbons (Fsp3) is 0.407. The third-order valence-electron chi connectivity index (χ3n) is 6.23. The van der Waals surface area contributed by atoms with Gasteiger partial charge < -0.3 is 5.32 Å². The van der Waals surface area contributed by atoms with Crippen molar-refractivity contribution in [3.8, 4) is 0 Å². The lowest BCUT2D eigenvalue weighted by molar-refractivity contribution is 0.0939. The zero-order valence-corrected chi connectivity index (χ0v) is 22.1. The minimum atomic E-state index is -0.154. The molecule has 8 heteroatoms. The van der Waals surface area contributed by atoms with Gasteiger partial charge >= 0.3 is 0 Å². The van der Waals surface area contributed by atoms with E-state index in [1.165, 1.54) is 16.7 Å². The molecule has 184 valence electrons. The Kier molecular flexibility index (Phi) is 7.31. The van der Waals surface area contributed by atoms with Gasteiger partial charge in [0.1, 0.15) is 0 Å². The van der Waals surface area contributed by atoms with Crippen molar-refractivity contribution in [2.24, 2.45) is 5.92 Å². The van der Waals surface area contributed by atoms with Crippen LogP contribution in [-0.2, 0) is 12.3 Å². The second kappa shape index (κ2) is 10.2. The van der Waals surface area contributed by atoms with Crippen LogP contribution in [0.1, 0.15) is 61.2 Å². The van der Waals surface area contributed by atoms with Gasteiger partial charge in [-0.15, -0.1) is 10.2 Å². The summed E-state index contributed by atoms with van der Waals surface area (Å²) in [7, 11) is 0. The van der Waals surface area contributed by atoms with E-state index in [0.29, 0.717) is 33.9 Å². The first kappa shape index (κ1) is 25.0. The van der Waals surface area contributed by atoms with Crippen molar-refractivity contribution in [3.05, 3.63) is 69.0 Å². The van der Waals surface area contributed by atoms with Crippen LogP contribution in [-0.4, -0.2) is 31.1 Å². The van der Waals surface area contributed by atoms with Gasteiger partial charge in [0, 0.05) is 23.9 Å². The number of nitrogens with zero attached hydrogens (tertiary/aromatic N) is 4. The van der Waals surface area contributed by atoms with Gasteiger partial charge in [-0.3, -0.25) is 18.6 Å². The van der Waals surface area contributed by atoms with Crippen LogP contribution in [0.5, 0.6) is 0 Å². The standard InChI is InChI=1S/C27H33N5O2S/c1-7-19(6)28-24(33)20-10-11-22-23(13-20)32-26(31(25(22)34)14-16(2)3)29-30-27(32)35-15-21-12-17(4)8-9-18(21)5/h8-13,16,19H,7,14-15H2,1-6H3,(H,28,33)/t19-/m1/s1. The molecule has 4 aromatic rings. The topological polar surface area (TPSA) is 81.3 Å². The molecular weight excluding hydrogens is 458 g/mol. The van der Waals surface area contributed by atoms with E-state index in [1.807, 2.05) is 18.2 Å². The van der Waals surface area contributed by atoms with E-state index in [0.717, 1.165) is 12.2 Å². The van der Waals surface area contributed by atoms with Crippen molar-refractivity contribution in [2.45, 2.75) is 71.5 Å². The Morgan fingerprint density at radius 3 is 2.57 bits per heavy atom. The Balaban J connectivity index is 1.86. The van der Waals surface area contributed by atoms with Gasteiger partial charge in [-0.1, -0.05) is 56.3 Å². The number of carbonyl (C=O) groups excluding carboxylic acids is 1. The summed E-state index contributed by atoms with van der Waals surface area (Å²) in [5.41, 5.74) is 4.72. The summed E-state index contributed by atoms with van der Waals surface area (Å²) in [6.45, 7) is 12.9. The normalized spacial score (nSPS) is 12.5. The molecule has 0 saturated heterocycles. The summed E-state index contributed by atoms with van der Waals surface area (Å²) in [4.78, 5) is 26.3. The highest BCUT2D eigenvalue weighted by atomic mass is 32.2. The zero-order chi connectivity index (χ0) is 25.3. The quantitative estimate of drug-likeness (QED) is 0.345. The van der Waals surface area contributed by atoms with Crippen LogP contribution >= 0.6 is 11.8 Å². The molecule has 1 atom stereocenters. The number of hydrogen-bond donors (Lipinski definition) is 1. The summed E-state index contributed by atoms with van der Waals surface area (Å²) in [5.74, 6) is 1.34. The number of rotatable bonds is 8. The summed E-state index contributed by atoms with van der Waals surface area (Å²) in [6.07, 6.45) is 0.841. The number of nitrogens with one attached hydrogen (secondary N) is 1. The molecule has 0 unspecified atom stereocenters. The van der Waals surface area contributed by atoms with Gasteiger partial charge in [-0.2, -0.15) is 0 Å². The van der Waals surface area contributed by atoms with Gasteiger partial charge in [0.2, 0.25) is 5.78 Å². The van der Waals surface area contributed by atoms with E-state index >= 15 is 0 Å². The molecule has 2 heterocycles. The van der Waals surface area contributed by atoms with Crippen LogP contribution in [0.15, 0.2) is 46.3 Å². The van der Waals surface area contributed by atoms with E-state index in [9.17, 15) is 9.59 Å². The van der Waals surface area contributed by atoms with Crippen molar-refractivity contribution < 1.29 is 4.79 Å². The third kappa shape index (κ3) is 5.12. The molecule has 2 aromatic carbocycles. The number of aryl methyl sites for hydroxylation is 2. The van der Waals surface area contributed by atoms with Crippen LogP contribution in [0, 0.1) is 19.8 Å². The first-order valence-electron chi connectivity index (χ1n) is 12.1. The second-order valence-electron chi connectivity index (χ2n) is 9.66. The van der Waals surface area contributed by atoms with Crippen molar-refractivity contribution in [1.82, 2.24) is 24.5 Å². The predicted molar refractivity (Wildman–Crippen MR) is 142 cm³/mol. The summed E-state index contributed by atoms with van der Waals surface area (Å²) < 4.78 is 3.62. The lowest BCUT2D eigenvalue weighted by Gasteiger charge is -2.15. The predicted octanol–water partition coefficient (Wildman–Crippen LogP) is 5.14. The highest BCUT2D eigenvalue weighted by molar-refractivity contribution is 7.98. The Morgan fingerprint density at radius 1 is 1.09 bits per heavy atom. The molecule has 0 aliphatic rings. The smallest absolute Gasteiger partial charge is 0.262 e. The van der Waals surface area contributed by atoms with Gasteiger partial charge in [0.05, 0.1) is 10.9 Å². The van der Waals surface area contributed by atoms with Crippen LogP contribution in [0.2, 0.25) is 0 Å². The minimum absolute atomic E-state index is 0.0656. The molecule has 0 aliphatic carbocycles. The van der Waals surface area contributed by atoms with Crippen molar-refractivity contribution in [3.63, 3.8) is 0 Å². The third-order valence-corrected chi connectivity index (χ3v) is 7.21. The van der Waals surface area contributed by atoms with Gasteiger partial charge in [-0.05, 0) is 62.4 Å². The van der Waals surface area contributed by atoms with E-state index in [-0.39, 0.29) is 23.4 Å². The number of thioether (sulfide) groups is 1. The molecule has 1 amide bonds. The molecule has 7 nitrogen and oxygen atoms in total. The lowest BCUT2D eigenvalue weighted by Crippen LogP contribution is -2.32. The molecule has 2 aromatic heterocycles. The SMILES string of the molecule is CC[C@@H](C)NC(=O)c1ccc2c(=O)n(CC(C)C)c3nnc(SCc4cc(C)ccc4C)n3c2c1. The molecule has 0 saturated carbocycles. The molecule has 1 N–H and O–H groups in total. The number of benzene rings is 2. The van der Waals surface area contributed by atoms with E-state index in [4.69, 9.17) is 0 Å². The molecule has 0 radical (unpaired) electrons. The fourth-order valence-electron chi connectivity index (χ4n) is 4.05. The molecule has 0 fully saturated rings. The number of amides is 1. The Morgan fingerprint density at radius 2 is 1.86 bits per heavy atom. The van der Waals surface area contributed by atoms with Crippen LogP contribution in [0.4, 0.5) is 0 Å². The van der Waals surface area contributed by atoms with E-state index in [2.05, 4.69) is 61.4 Å². The van der Waals surface area contributed by atoms with Gasteiger partial charge in [0.25, 0.3) is 11.5 Å². The average Bonchev–Trinajstić information content (AvgIpc) is 3.25. The first-order chi connectivity index (χ1) is 16.7. The first-order valence-corrected chi connectivity index (χ1v) is 13.1. The molecular formula is C27H33N5O2S. The molecule has 0 spiro atoms. The van der Waals surface area contributed by atoms with Crippen LogP contribution in [0.3, 0.4) is 0 Å². The number of carbonyl (C=O) groups is 1. The minimum Gasteiger partial charge on any atom is -0.350 e. The monoisotopic (exact) mass is 491 g/mol. The Hall–Kier alpha value is -3.13. The number of hydrogen-bond acceptors (Lipinski definition) is 5. The van der Waals surface area contributed by atoms with Crippen LogP contribution in [0.25, 0.3) is 16.7 Å². The lowest BCUT2D eigenvalue weighted by atomic mass is 10.1. The Bertz CT molecular complexity index is 1450. The van der Waals surface area contributed by atoms with Gasteiger partial charge in [0.15, 0.2) is 5.16 Å². The van der Waals surface area contributed by atoms with Gasteiger partial charge in [-0.25, -0.2) is 0 Å². The summed E-state index contributed by atoms with van der Waals surface area (Å²) >= 11 is 1.58. The van der Waals surface area contributed by atoms with Crippen molar-refractivity contribution in [2.75, 3.05) is 0 Å². The fourth-order valence-corrected chi connectivity index (χ4v) is 5.06. The molecule has 0 aliphatic heterocycles. The second-order valence-corrected chi connectivity index (χ2v) is 10.6. The van der Waals surface area contributed by atoms with E-state index < -0.39 is 0 Å².